The Labute approximate surface area is 102 Å². The molecule has 1 aliphatic heterocycles. The van der Waals surface area contributed by atoms with Gasteiger partial charge < -0.3 is 9.64 Å². The molecule has 1 heterocycles. The van der Waals surface area contributed by atoms with E-state index < -0.39 is 16.1 Å². The topological polar surface area (TPSA) is 75.7 Å². The highest BCUT2D eigenvalue weighted by Crippen LogP contribution is 2.12. The third-order valence-electron chi connectivity index (χ3n) is 2.52. The summed E-state index contributed by atoms with van der Waals surface area (Å²) in [6, 6.07) is -0.196. The summed E-state index contributed by atoms with van der Waals surface area (Å²) < 4.78 is 30.6. The van der Waals surface area contributed by atoms with Crippen LogP contribution in [0.5, 0.6) is 0 Å². The molecular formula is C10H20N2O4S. The van der Waals surface area contributed by atoms with Crippen LogP contribution in [0.25, 0.3) is 0 Å². The lowest BCUT2D eigenvalue weighted by Crippen LogP contribution is -2.40. The second kappa shape index (κ2) is 5.68. The fourth-order valence-corrected chi connectivity index (χ4v) is 3.57. The molecular weight excluding hydrogens is 244 g/mol. The summed E-state index contributed by atoms with van der Waals surface area (Å²) in [7, 11) is -1.93. The van der Waals surface area contributed by atoms with E-state index in [2.05, 4.69) is 9.46 Å². The molecule has 0 saturated carbocycles. The van der Waals surface area contributed by atoms with Gasteiger partial charge in [0.15, 0.2) is 0 Å². The van der Waals surface area contributed by atoms with Gasteiger partial charge >= 0.3 is 6.09 Å². The van der Waals surface area contributed by atoms with Gasteiger partial charge in [-0.2, -0.15) is 0 Å². The van der Waals surface area contributed by atoms with E-state index in [1.165, 1.54) is 12.0 Å². The van der Waals surface area contributed by atoms with E-state index in [0.717, 1.165) is 0 Å². The van der Waals surface area contributed by atoms with Gasteiger partial charge in [-0.25, -0.2) is 17.9 Å². The second-order valence-corrected chi connectivity index (χ2v) is 6.49. The van der Waals surface area contributed by atoms with E-state index in [4.69, 9.17) is 0 Å². The quantitative estimate of drug-likeness (QED) is 0.797. The van der Waals surface area contributed by atoms with Gasteiger partial charge in [0.1, 0.15) is 0 Å². The molecule has 0 aliphatic carbocycles. The molecule has 6 nitrogen and oxygen atoms in total. The average molecular weight is 264 g/mol. The smallest absolute Gasteiger partial charge is 0.409 e. The minimum Gasteiger partial charge on any atom is -0.453 e. The van der Waals surface area contributed by atoms with Crippen molar-refractivity contribution >= 4 is 16.1 Å². The Morgan fingerprint density at radius 2 is 2.18 bits per heavy atom. The summed E-state index contributed by atoms with van der Waals surface area (Å²) in [5, 5.41) is 0. The fraction of sp³-hybridized carbons (Fsp3) is 0.900. The number of rotatable bonds is 4. The first-order chi connectivity index (χ1) is 7.84. The molecule has 17 heavy (non-hydrogen) atoms. The van der Waals surface area contributed by atoms with Crippen LogP contribution < -0.4 is 4.72 Å². The molecule has 7 heteroatoms. The molecule has 0 aromatic rings. The highest BCUT2D eigenvalue weighted by Gasteiger charge is 2.29. The van der Waals surface area contributed by atoms with E-state index in [1.54, 1.807) is 0 Å². The number of sulfonamides is 1. The van der Waals surface area contributed by atoms with E-state index in [1.807, 2.05) is 13.8 Å². The Bertz CT molecular complexity index is 367. The number of methoxy groups -OCH3 is 1. The number of nitrogens with zero attached hydrogens (tertiary/aromatic N) is 1. The van der Waals surface area contributed by atoms with Crippen LogP contribution in [0, 0.1) is 5.92 Å². The Morgan fingerprint density at radius 3 is 2.71 bits per heavy atom. The average Bonchev–Trinajstić information content (AvgIpc) is 2.61. The van der Waals surface area contributed by atoms with E-state index in [-0.39, 0.29) is 17.7 Å². The van der Waals surface area contributed by atoms with Crippen molar-refractivity contribution in [1.29, 1.82) is 0 Å². The van der Waals surface area contributed by atoms with Crippen molar-refractivity contribution in [2.75, 3.05) is 26.0 Å². The molecule has 1 fully saturated rings. The molecule has 1 saturated heterocycles. The van der Waals surface area contributed by atoms with Crippen molar-refractivity contribution in [3.05, 3.63) is 0 Å². The third kappa shape index (κ3) is 4.51. The van der Waals surface area contributed by atoms with Crippen LogP contribution in [0.3, 0.4) is 0 Å². The number of nitrogens with one attached hydrogen (secondary N) is 1. The van der Waals surface area contributed by atoms with E-state index >= 15 is 0 Å². The van der Waals surface area contributed by atoms with Gasteiger partial charge in [0.25, 0.3) is 0 Å². The van der Waals surface area contributed by atoms with Crippen molar-refractivity contribution in [3.63, 3.8) is 0 Å². The van der Waals surface area contributed by atoms with Gasteiger partial charge in [-0.1, -0.05) is 13.8 Å². The maximum absolute atomic E-state index is 11.7. The monoisotopic (exact) mass is 264 g/mol. The molecule has 1 rings (SSSR count). The SMILES string of the molecule is COC(=O)N1CC[C@@H](NS(=O)(=O)CC(C)C)C1. The van der Waals surface area contributed by atoms with Crippen molar-refractivity contribution in [3.8, 4) is 0 Å². The zero-order valence-corrected chi connectivity index (χ0v) is 11.3. The Kier molecular flexibility index (Phi) is 4.76. The van der Waals surface area contributed by atoms with Crippen LogP contribution in [0.1, 0.15) is 20.3 Å². The molecule has 0 unspecified atom stereocenters. The van der Waals surface area contributed by atoms with Gasteiger partial charge in [-0.15, -0.1) is 0 Å². The summed E-state index contributed by atoms with van der Waals surface area (Å²) in [5.74, 6) is 0.201. The van der Waals surface area contributed by atoms with Gasteiger partial charge in [0.05, 0.1) is 12.9 Å². The van der Waals surface area contributed by atoms with Crippen LogP contribution in [-0.4, -0.2) is 51.4 Å². The van der Waals surface area contributed by atoms with Gasteiger partial charge in [-0.3, -0.25) is 0 Å². The minimum atomic E-state index is -3.25. The number of carbonyl (C=O) groups is 1. The molecule has 0 radical (unpaired) electrons. The predicted molar refractivity (Wildman–Crippen MR) is 64.1 cm³/mol. The fourth-order valence-electron chi connectivity index (χ4n) is 1.89. The van der Waals surface area contributed by atoms with Crippen LogP contribution in [0.15, 0.2) is 0 Å². The highest BCUT2D eigenvalue weighted by molar-refractivity contribution is 7.89. The van der Waals surface area contributed by atoms with E-state index in [0.29, 0.717) is 19.5 Å². The third-order valence-corrected chi connectivity index (χ3v) is 4.32. The Hall–Kier alpha value is -0.820. The maximum Gasteiger partial charge on any atom is 0.409 e. The van der Waals surface area contributed by atoms with E-state index in [9.17, 15) is 13.2 Å². The molecule has 1 aliphatic rings. The first-order valence-corrected chi connectivity index (χ1v) is 7.32. The Morgan fingerprint density at radius 1 is 1.53 bits per heavy atom. The predicted octanol–water partition coefficient (Wildman–Crippen LogP) is 0.403. The van der Waals surface area contributed by atoms with Crippen molar-refractivity contribution in [1.82, 2.24) is 9.62 Å². The van der Waals surface area contributed by atoms with Crippen LogP contribution in [0.4, 0.5) is 4.79 Å². The molecule has 0 aromatic heterocycles. The Balaban J connectivity index is 2.48. The molecule has 0 aromatic carbocycles. The number of hydrogen-bond acceptors (Lipinski definition) is 4. The van der Waals surface area contributed by atoms with Crippen molar-refractivity contribution in [2.45, 2.75) is 26.3 Å². The second-order valence-electron chi connectivity index (χ2n) is 4.69. The van der Waals surface area contributed by atoms with Crippen LogP contribution in [0.2, 0.25) is 0 Å². The van der Waals surface area contributed by atoms with Crippen LogP contribution >= 0.6 is 0 Å². The minimum absolute atomic E-state index is 0.0885. The summed E-state index contributed by atoms with van der Waals surface area (Å²) in [4.78, 5) is 12.7. The molecule has 0 bridgehead atoms. The summed E-state index contributed by atoms with van der Waals surface area (Å²) in [6.07, 6.45) is 0.224. The molecule has 100 valence electrons. The number of carbonyl (C=O) groups excluding carboxylic acids is 1. The normalized spacial score (nSPS) is 20.9. The van der Waals surface area contributed by atoms with Gasteiger partial charge in [0, 0.05) is 19.1 Å². The lowest BCUT2D eigenvalue weighted by molar-refractivity contribution is 0.132. The van der Waals surface area contributed by atoms with Crippen molar-refractivity contribution in [2.24, 2.45) is 5.92 Å². The summed E-state index contributed by atoms with van der Waals surface area (Å²) >= 11 is 0. The molecule has 1 atom stereocenters. The molecule has 0 spiro atoms. The number of likely N-dealkylation sites (tertiary alicyclic amines) is 1. The largest absolute Gasteiger partial charge is 0.453 e. The standard InChI is InChI=1S/C10H20N2O4S/c1-8(2)7-17(14,15)11-9-4-5-12(6-9)10(13)16-3/h8-9,11H,4-7H2,1-3H3/t9-/m1/s1. The zero-order chi connectivity index (χ0) is 13.1. The number of ether oxygens (including phenoxy) is 1. The van der Waals surface area contributed by atoms with Gasteiger partial charge in [-0.05, 0) is 12.3 Å². The maximum atomic E-state index is 11.7. The lowest BCUT2D eigenvalue weighted by atomic mass is 10.3. The van der Waals surface area contributed by atoms with Crippen LogP contribution in [-0.2, 0) is 14.8 Å². The first-order valence-electron chi connectivity index (χ1n) is 5.67. The first kappa shape index (κ1) is 14.2. The molecule has 1 N–H and O–H groups in total. The molecule has 1 amide bonds. The summed E-state index contributed by atoms with van der Waals surface area (Å²) in [6.45, 7) is 4.62. The lowest BCUT2D eigenvalue weighted by Gasteiger charge is -2.16. The number of amides is 1. The summed E-state index contributed by atoms with van der Waals surface area (Å²) in [5.41, 5.74) is 0. The van der Waals surface area contributed by atoms with Gasteiger partial charge in [0.2, 0.25) is 10.0 Å². The highest BCUT2D eigenvalue weighted by atomic mass is 32.2. The van der Waals surface area contributed by atoms with Crippen molar-refractivity contribution < 1.29 is 17.9 Å². The zero-order valence-electron chi connectivity index (χ0n) is 10.5. The number of hydrogen-bond donors (Lipinski definition) is 1.